The van der Waals surface area contributed by atoms with Crippen molar-refractivity contribution < 1.29 is 19.5 Å². The van der Waals surface area contributed by atoms with Gasteiger partial charge in [-0.3, -0.25) is 14.4 Å². The number of carboxylic acid groups (broad SMARTS) is 1. The summed E-state index contributed by atoms with van der Waals surface area (Å²) in [5.41, 5.74) is 7.21. The van der Waals surface area contributed by atoms with Crippen LogP contribution in [0.3, 0.4) is 0 Å². The fraction of sp³-hybridized carbons (Fsp3) is 0.250. The molecular formula is C12H12I3N3O4. The summed E-state index contributed by atoms with van der Waals surface area (Å²) in [5, 5.41) is 11.0. The van der Waals surface area contributed by atoms with Crippen LogP contribution in [0.2, 0.25) is 0 Å². The minimum atomic E-state index is -1.14. The highest BCUT2D eigenvalue weighted by Crippen LogP contribution is 2.38. The first kappa shape index (κ1) is 19.7. The van der Waals surface area contributed by atoms with Gasteiger partial charge in [-0.15, -0.1) is 0 Å². The number of hydrogen-bond acceptors (Lipinski definition) is 4. The summed E-state index contributed by atoms with van der Waals surface area (Å²) >= 11 is 5.92. The lowest BCUT2D eigenvalue weighted by molar-refractivity contribution is -0.135. The Bertz CT molecular complexity index is 664. The standard InChI is InChI=1S/C12H12I3N3O4/c1-4(19)18(2)11-8(14)6(7(13)10(16)9(11)15)12(22)17-3-5(20)21/h3,16H2,1-2H3,(H,17,22)(H,20,21). The number of carboxylic acids is 1. The van der Waals surface area contributed by atoms with Gasteiger partial charge >= 0.3 is 5.97 Å². The topological polar surface area (TPSA) is 113 Å². The summed E-state index contributed by atoms with van der Waals surface area (Å²) in [4.78, 5) is 35.9. The second-order valence-corrected chi connectivity index (χ2v) is 7.47. The number of benzene rings is 1. The molecular weight excluding hydrogens is 631 g/mol. The quantitative estimate of drug-likeness (QED) is 0.343. The fourth-order valence-electron chi connectivity index (χ4n) is 1.57. The van der Waals surface area contributed by atoms with Gasteiger partial charge < -0.3 is 21.1 Å². The molecule has 0 aliphatic carbocycles. The smallest absolute Gasteiger partial charge is 0.322 e. The maximum absolute atomic E-state index is 12.3. The zero-order chi connectivity index (χ0) is 17.2. The third kappa shape index (κ3) is 4.12. The van der Waals surface area contributed by atoms with Crippen LogP contribution in [0.1, 0.15) is 17.3 Å². The number of nitrogens with two attached hydrogens (primary N) is 1. The third-order valence-corrected chi connectivity index (χ3v) is 6.03. The van der Waals surface area contributed by atoms with Gasteiger partial charge in [-0.1, -0.05) is 0 Å². The molecule has 0 heterocycles. The molecule has 0 aromatic heterocycles. The van der Waals surface area contributed by atoms with Crippen LogP contribution >= 0.6 is 67.8 Å². The molecule has 22 heavy (non-hydrogen) atoms. The first-order valence-electron chi connectivity index (χ1n) is 5.79. The number of carbonyl (C=O) groups is 3. The normalized spacial score (nSPS) is 10.2. The van der Waals surface area contributed by atoms with Crippen LogP contribution < -0.4 is 16.0 Å². The lowest BCUT2D eigenvalue weighted by Crippen LogP contribution is -2.32. The summed E-state index contributed by atoms with van der Waals surface area (Å²) in [6.07, 6.45) is 0. The Balaban J connectivity index is 3.49. The Hall–Kier alpha value is -0.380. The average molecular weight is 643 g/mol. The van der Waals surface area contributed by atoms with E-state index in [-0.39, 0.29) is 11.5 Å². The summed E-state index contributed by atoms with van der Waals surface area (Å²) in [6.45, 7) is 0.916. The molecule has 0 saturated heterocycles. The minimum absolute atomic E-state index is 0.201. The van der Waals surface area contributed by atoms with Crippen molar-refractivity contribution in [3.05, 3.63) is 16.3 Å². The second-order valence-electron chi connectivity index (χ2n) is 4.23. The van der Waals surface area contributed by atoms with Crippen molar-refractivity contribution in [2.24, 2.45) is 0 Å². The van der Waals surface area contributed by atoms with Crippen molar-refractivity contribution in [2.75, 3.05) is 24.2 Å². The van der Waals surface area contributed by atoms with Gasteiger partial charge in [-0.2, -0.15) is 0 Å². The Morgan fingerprint density at radius 3 is 2.18 bits per heavy atom. The van der Waals surface area contributed by atoms with Gasteiger partial charge in [0.25, 0.3) is 5.91 Å². The number of nitrogens with one attached hydrogen (secondary N) is 1. The van der Waals surface area contributed by atoms with Crippen molar-refractivity contribution in [1.29, 1.82) is 0 Å². The zero-order valence-corrected chi connectivity index (χ0v) is 18.0. The van der Waals surface area contributed by atoms with E-state index in [9.17, 15) is 14.4 Å². The van der Waals surface area contributed by atoms with Crippen LogP contribution in [-0.4, -0.2) is 36.5 Å². The van der Waals surface area contributed by atoms with Gasteiger partial charge in [0, 0.05) is 14.0 Å². The van der Waals surface area contributed by atoms with E-state index in [2.05, 4.69) is 5.32 Å². The zero-order valence-electron chi connectivity index (χ0n) is 11.5. The van der Waals surface area contributed by atoms with Crippen LogP contribution in [0.25, 0.3) is 0 Å². The third-order valence-electron chi connectivity index (χ3n) is 2.76. The van der Waals surface area contributed by atoms with E-state index < -0.39 is 18.4 Å². The molecule has 1 rings (SSSR count). The van der Waals surface area contributed by atoms with Gasteiger partial charge in [0.05, 0.1) is 27.6 Å². The van der Waals surface area contributed by atoms with Crippen LogP contribution in [0.15, 0.2) is 0 Å². The van der Waals surface area contributed by atoms with E-state index >= 15 is 0 Å². The van der Waals surface area contributed by atoms with Gasteiger partial charge in [0.2, 0.25) is 5.91 Å². The van der Waals surface area contributed by atoms with Crippen LogP contribution in [0, 0.1) is 10.7 Å². The molecule has 0 atom stereocenters. The maximum Gasteiger partial charge on any atom is 0.322 e. The van der Waals surface area contributed by atoms with Gasteiger partial charge in [-0.25, -0.2) is 0 Å². The van der Waals surface area contributed by atoms with E-state index in [0.29, 0.717) is 22.1 Å². The number of amides is 2. The molecule has 0 aliphatic rings. The highest BCUT2D eigenvalue weighted by atomic mass is 127. The SMILES string of the molecule is CC(=O)N(C)c1c(I)c(N)c(I)c(C(=O)NCC(=O)O)c1I. The predicted octanol–water partition coefficient (Wildman–Crippen LogP) is 1.88. The van der Waals surface area contributed by atoms with Crippen molar-refractivity contribution in [1.82, 2.24) is 5.32 Å². The molecule has 0 unspecified atom stereocenters. The Labute approximate surface area is 167 Å². The molecule has 1 aromatic carbocycles. The van der Waals surface area contributed by atoms with E-state index in [0.717, 1.165) is 0 Å². The number of rotatable bonds is 4. The highest BCUT2D eigenvalue weighted by molar-refractivity contribution is 14.1. The Morgan fingerprint density at radius 2 is 1.73 bits per heavy atom. The molecule has 0 saturated carbocycles. The summed E-state index contributed by atoms with van der Waals surface area (Å²) < 4.78 is 1.73. The van der Waals surface area contributed by atoms with Gasteiger partial charge in [-0.05, 0) is 67.8 Å². The lowest BCUT2D eigenvalue weighted by atomic mass is 10.1. The van der Waals surface area contributed by atoms with Gasteiger partial charge in [0.1, 0.15) is 6.54 Å². The number of nitrogens with zero attached hydrogens (tertiary/aromatic N) is 1. The molecule has 0 spiro atoms. The molecule has 0 fully saturated rings. The molecule has 0 radical (unpaired) electrons. The number of aliphatic carboxylic acids is 1. The van der Waals surface area contributed by atoms with Crippen molar-refractivity contribution in [2.45, 2.75) is 6.92 Å². The average Bonchev–Trinajstić information content (AvgIpc) is 2.42. The molecule has 4 N–H and O–H groups in total. The Morgan fingerprint density at radius 1 is 1.18 bits per heavy atom. The summed E-state index contributed by atoms with van der Waals surface area (Å²) in [5.74, 6) is -1.89. The fourth-order valence-corrected chi connectivity index (χ4v) is 5.94. The molecule has 1 aromatic rings. The monoisotopic (exact) mass is 643 g/mol. The van der Waals surface area contributed by atoms with E-state index in [1.807, 2.05) is 67.8 Å². The number of anilines is 2. The van der Waals surface area contributed by atoms with Gasteiger partial charge in [0.15, 0.2) is 0 Å². The number of halogens is 3. The number of carbonyl (C=O) groups excluding carboxylic acids is 2. The van der Waals surface area contributed by atoms with Crippen LogP contribution in [0.4, 0.5) is 11.4 Å². The van der Waals surface area contributed by atoms with Crippen molar-refractivity contribution >= 4 is 96.9 Å². The molecule has 10 heteroatoms. The van der Waals surface area contributed by atoms with E-state index in [4.69, 9.17) is 10.8 Å². The lowest BCUT2D eigenvalue weighted by Gasteiger charge is -2.23. The highest BCUT2D eigenvalue weighted by Gasteiger charge is 2.26. The van der Waals surface area contributed by atoms with E-state index in [1.54, 1.807) is 7.05 Å². The number of hydrogen-bond donors (Lipinski definition) is 3. The predicted molar refractivity (Wildman–Crippen MR) is 108 cm³/mol. The molecule has 2 amide bonds. The minimum Gasteiger partial charge on any atom is -0.480 e. The Kier molecular flexibility index (Phi) is 7.10. The second kappa shape index (κ2) is 7.94. The van der Waals surface area contributed by atoms with Crippen molar-refractivity contribution in [3.63, 3.8) is 0 Å². The van der Waals surface area contributed by atoms with E-state index in [1.165, 1.54) is 11.8 Å². The number of nitrogen functional groups attached to an aromatic ring is 1. The molecule has 7 nitrogen and oxygen atoms in total. The van der Waals surface area contributed by atoms with Crippen LogP contribution in [-0.2, 0) is 9.59 Å². The van der Waals surface area contributed by atoms with Crippen molar-refractivity contribution in [3.8, 4) is 0 Å². The summed E-state index contributed by atoms with van der Waals surface area (Å²) in [6, 6.07) is 0. The molecule has 0 aliphatic heterocycles. The maximum atomic E-state index is 12.3. The largest absolute Gasteiger partial charge is 0.480 e. The summed E-state index contributed by atoms with van der Waals surface area (Å²) in [7, 11) is 1.59. The first-order valence-corrected chi connectivity index (χ1v) is 9.03. The molecule has 120 valence electrons. The first-order chi connectivity index (χ1) is 10.1. The van der Waals surface area contributed by atoms with Crippen LogP contribution in [0.5, 0.6) is 0 Å². The molecule has 0 bridgehead atoms.